The molecule has 3 heterocycles. The number of aromatic nitrogens is 5. The molecule has 5 aromatic rings. The minimum Gasteiger partial charge on any atom is -0.364 e. The van der Waals surface area contributed by atoms with Crippen molar-refractivity contribution in [1.29, 1.82) is 0 Å². The van der Waals surface area contributed by atoms with Gasteiger partial charge in [0.25, 0.3) is 0 Å². The number of H-pyrrole nitrogens is 1. The molecule has 0 unspecified atom stereocenters. The Kier molecular flexibility index (Phi) is 4.50. The Morgan fingerprint density at radius 3 is 2.72 bits per heavy atom. The summed E-state index contributed by atoms with van der Waals surface area (Å²) < 4.78 is 0. The number of hydrogen-bond donors (Lipinski definition) is 2. The molecular weight excluding hydrogens is 407 g/mol. The third-order valence-electron chi connectivity index (χ3n) is 4.64. The number of fused-ring (bicyclic) bond motifs is 2. The van der Waals surface area contributed by atoms with Crippen LogP contribution in [-0.2, 0) is 6.54 Å². The number of hydrogen-bond acceptors (Lipinski definition) is 5. The number of halogens is 2. The Morgan fingerprint density at radius 1 is 0.931 bits per heavy atom. The maximum absolute atomic E-state index is 6.39. The van der Waals surface area contributed by atoms with E-state index < -0.39 is 0 Å². The predicted octanol–water partition coefficient (Wildman–Crippen LogP) is 5.49. The molecule has 0 fully saturated rings. The molecule has 142 valence electrons. The number of aromatic amines is 1. The standard InChI is InChI=1S/C21H14Cl2N6/c22-15-5-1-3-13(8-15)17-14(7-12-4-2-6-16(23)18(12)29-17)9-24-20-19-21(26-10-25-19)28-11-27-20/h1-8,10-11H,9H2,(H2,24,25,26,27,28). The first-order valence-electron chi connectivity index (χ1n) is 8.91. The summed E-state index contributed by atoms with van der Waals surface area (Å²) in [5.41, 5.74) is 4.85. The molecule has 0 aliphatic heterocycles. The predicted molar refractivity (Wildman–Crippen MR) is 116 cm³/mol. The summed E-state index contributed by atoms with van der Waals surface area (Å²) in [4.78, 5) is 20.6. The molecule has 0 bridgehead atoms. The van der Waals surface area contributed by atoms with Gasteiger partial charge in [0.05, 0.1) is 22.6 Å². The minimum atomic E-state index is 0.496. The first kappa shape index (κ1) is 17.8. The number of pyridine rings is 1. The van der Waals surface area contributed by atoms with Crippen molar-refractivity contribution in [3.05, 3.63) is 76.8 Å². The van der Waals surface area contributed by atoms with Crippen molar-refractivity contribution in [2.45, 2.75) is 6.54 Å². The fourth-order valence-electron chi connectivity index (χ4n) is 3.30. The Labute approximate surface area is 176 Å². The zero-order valence-corrected chi connectivity index (χ0v) is 16.5. The van der Waals surface area contributed by atoms with Gasteiger partial charge >= 0.3 is 0 Å². The number of nitrogens with zero attached hydrogens (tertiary/aromatic N) is 4. The molecule has 0 radical (unpaired) electrons. The normalized spacial score (nSPS) is 11.2. The number of rotatable bonds is 4. The molecule has 0 saturated carbocycles. The van der Waals surface area contributed by atoms with Gasteiger partial charge in [0, 0.05) is 22.5 Å². The SMILES string of the molecule is Clc1cccc(-c2nc3c(Cl)cccc3cc2CNc2ncnc3[nH]cnc23)c1. The second kappa shape index (κ2) is 7.31. The number of para-hydroxylation sites is 1. The molecule has 6 nitrogen and oxygen atoms in total. The Hall–Kier alpha value is -3.22. The monoisotopic (exact) mass is 420 g/mol. The maximum Gasteiger partial charge on any atom is 0.162 e. The second-order valence-electron chi connectivity index (χ2n) is 6.49. The van der Waals surface area contributed by atoms with Crippen molar-refractivity contribution in [3.8, 4) is 11.3 Å². The molecule has 0 aliphatic carbocycles. The summed E-state index contributed by atoms with van der Waals surface area (Å²) in [7, 11) is 0. The zero-order valence-electron chi connectivity index (χ0n) is 15.0. The third kappa shape index (κ3) is 3.37. The summed E-state index contributed by atoms with van der Waals surface area (Å²) >= 11 is 12.6. The molecule has 0 saturated heterocycles. The van der Waals surface area contributed by atoms with E-state index in [1.807, 2.05) is 42.5 Å². The van der Waals surface area contributed by atoms with Crippen LogP contribution in [-0.4, -0.2) is 24.9 Å². The van der Waals surface area contributed by atoms with E-state index in [1.54, 1.807) is 6.33 Å². The van der Waals surface area contributed by atoms with Crippen molar-refractivity contribution in [2.24, 2.45) is 0 Å². The van der Waals surface area contributed by atoms with Gasteiger partial charge in [-0.05, 0) is 29.8 Å². The van der Waals surface area contributed by atoms with Gasteiger partial charge in [-0.1, -0.05) is 47.5 Å². The topological polar surface area (TPSA) is 79.4 Å². The smallest absolute Gasteiger partial charge is 0.162 e. The molecule has 2 aromatic carbocycles. The first-order chi connectivity index (χ1) is 14.2. The lowest BCUT2D eigenvalue weighted by Gasteiger charge is -2.13. The van der Waals surface area contributed by atoms with E-state index in [0.29, 0.717) is 33.6 Å². The van der Waals surface area contributed by atoms with E-state index in [2.05, 4.69) is 31.3 Å². The molecule has 8 heteroatoms. The number of anilines is 1. The van der Waals surface area contributed by atoms with Crippen molar-refractivity contribution >= 4 is 51.1 Å². The largest absolute Gasteiger partial charge is 0.364 e. The van der Waals surface area contributed by atoms with Gasteiger partial charge in [-0.3, -0.25) is 0 Å². The number of nitrogens with one attached hydrogen (secondary N) is 2. The van der Waals surface area contributed by atoms with Crippen LogP contribution in [0.3, 0.4) is 0 Å². The fourth-order valence-corrected chi connectivity index (χ4v) is 3.71. The van der Waals surface area contributed by atoms with Crippen LogP contribution in [0.2, 0.25) is 10.0 Å². The van der Waals surface area contributed by atoms with E-state index in [0.717, 1.165) is 27.7 Å². The Morgan fingerprint density at radius 2 is 1.83 bits per heavy atom. The van der Waals surface area contributed by atoms with Crippen molar-refractivity contribution < 1.29 is 0 Å². The second-order valence-corrected chi connectivity index (χ2v) is 7.34. The molecule has 2 N–H and O–H groups in total. The molecule has 5 rings (SSSR count). The number of benzene rings is 2. The summed E-state index contributed by atoms with van der Waals surface area (Å²) in [6.45, 7) is 0.496. The summed E-state index contributed by atoms with van der Waals surface area (Å²) in [5.74, 6) is 0.652. The van der Waals surface area contributed by atoms with Crippen LogP contribution in [0, 0.1) is 0 Å². The van der Waals surface area contributed by atoms with Gasteiger partial charge in [-0.25, -0.2) is 19.9 Å². The molecule has 29 heavy (non-hydrogen) atoms. The van der Waals surface area contributed by atoms with Crippen LogP contribution < -0.4 is 5.32 Å². The highest BCUT2D eigenvalue weighted by Gasteiger charge is 2.13. The fraction of sp³-hybridized carbons (Fsp3) is 0.0476. The molecular formula is C21H14Cl2N6. The van der Waals surface area contributed by atoms with Crippen LogP contribution in [0.4, 0.5) is 5.82 Å². The zero-order chi connectivity index (χ0) is 19.8. The van der Waals surface area contributed by atoms with Crippen LogP contribution in [0.5, 0.6) is 0 Å². The average molecular weight is 421 g/mol. The van der Waals surface area contributed by atoms with Crippen LogP contribution in [0.25, 0.3) is 33.3 Å². The summed E-state index contributed by atoms with van der Waals surface area (Å²) in [5, 5.41) is 5.58. The lowest BCUT2D eigenvalue weighted by molar-refractivity contribution is 1.09. The van der Waals surface area contributed by atoms with E-state index in [4.69, 9.17) is 28.2 Å². The Bertz CT molecular complexity index is 1350. The molecule has 0 aliphatic rings. The van der Waals surface area contributed by atoms with Gasteiger partial charge < -0.3 is 10.3 Å². The van der Waals surface area contributed by atoms with Crippen LogP contribution in [0.15, 0.2) is 61.2 Å². The van der Waals surface area contributed by atoms with Gasteiger partial charge in [0.1, 0.15) is 11.8 Å². The van der Waals surface area contributed by atoms with Gasteiger partial charge in [0.15, 0.2) is 11.5 Å². The van der Waals surface area contributed by atoms with Crippen LogP contribution in [0.1, 0.15) is 5.56 Å². The number of imidazole rings is 1. The van der Waals surface area contributed by atoms with E-state index in [-0.39, 0.29) is 0 Å². The molecule has 3 aromatic heterocycles. The highest BCUT2D eigenvalue weighted by molar-refractivity contribution is 6.35. The summed E-state index contributed by atoms with van der Waals surface area (Å²) in [6, 6.07) is 15.5. The van der Waals surface area contributed by atoms with Gasteiger partial charge in [0.2, 0.25) is 0 Å². The lowest BCUT2D eigenvalue weighted by atomic mass is 10.0. The van der Waals surface area contributed by atoms with Crippen LogP contribution >= 0.6 is 23.2 Å². The van der Waals surface area contributed by atoms with Gasteiger partial charge in [-0.15, -0.1) is 0 Å². The molecule has 0 atom stereocenters. The average Bonchev–Trinajstić information content (AvgIpc) is 3.21. The molecule has 0 amide bonds. The summed E-state index contributed by atoms with van der Waals surface area (Å²) in [6.07, 6.45) is 3.10. The van der Waals surface area contributed by atoms with Crippen molar-refractivity contribution in [2.75, 3.05) is 5.32 Å². The highest BCUT2D eigenvalue weighted by atomic mass is 35.5. The third-order valence-corrected chi connectivity index (χ3v) is 5.18. The highest BCUT2D eigenvalue weighted by Crippen LogP contribution is 2.31. The van der Waals surface area contributed by atoms with Crippen molar-refractivity contribution in [1.82, 2.24) is 24.9 Å². The van der Waals surface area contributed by atoms with Crippen molar-refractivity contribution in [3.63, 3.8) is 0 Å². The van der Waals surface area contributed by atoms with E-state index in [1.165, 1.54) is 6.33 Å². The van der Waals surface area contributed by atoms with E-state index in [9.17, 15) is 0 Å². The lowest BCUT2D eigenvalue weighted by Crippen LogP contribution is -2.05. The quantitative estimate of drug-likeness (QED) is 0.401. The maximum atomic E-state index is 6.39. The molecule has 0 spiro atoms. The first-order valence-corrected chi connectivity index (χ1v) is 9.67. The van der Waals surface area contributed by atoms with E-state index >= 15 is 0 Å². The Balaban J connectivity index is 1.61. The van der Waals surface area contributed by atoms with Gasteiger partial charge in [-0.2, -0.15) is 0 Å². The minimum absolute atomic E-state index is 0.496.